The van der Waals surface area contributed by atoms with E-state index in [-0.39, 0.29) is 11.8 Å². The van der Waals surface area contributed by atoms with Crippen LogP contribution in [0, 0.1) is 5.92 Å². The number of alkyl halides is 1. The van der Waals surface area contributed by atoms with E-state index in [2.05, 4.69) is 29.2 Å². The molecule has 1 amide bonds. The van der Waals surface area contributed by atoms with Crippen molar-refractivity contribution in [1.82, 2.24) is 4.90 Å². The zero-order valence-corrected chi connectivity index (χ0v) is 12.9. The first-order chi connectivity index (χ1) is 8.99. The van der Waals surface area contributed by atoms with Crippen LogP contribution in [0.2, 0.25) is 0 Å². The van der Waals surface area contributed by atoms with Gasteiger partial charge >= 0.3 is 0 Å². The summed E-state index contributed by atoms with van der Waals surface area (Å²) in [5.74, 6) is 0.367. The third kappa shape index (κ3) is 4.43. The highest BCUT2D eigenvalue weighted by atomic mass is 35.5. The van der Waals surface area contributed by atoms with E-state index in [1.165, 1.54) is 0 Å². The summed E-state index contributed by atoms with van der Waals surface area (Å²) >= 11 is 5.75. The van der Waals surface area contributed by atoms with Crippen molar-refractivity contribution in [3.63, 3.8) is 0 Å². The molecule has 1 unspecified atom stereocenters. The monoisotopic (exact) mass is 282 g/mol. The summed E-state index contributed by atoms with van der Waals surface area (Å²) in [6.45, 7) is 5.21. The van der Waals surface area contributed by atoms with Crippen LogP contribution in [-0.2, 0) is 11.3 Å². The molecule has 0 aliphatic rings. The van der Waals surface area contributed by atoms with Gasteiger partial charge in [0.2, 0.25) is 5.91 Å². The van der Waals surface area contributed by atoms with Crippen LogP contribution in [0.1, 0.15) is 19.4 Å². The van der Waals surface area contributed by atoms with Crippen molar-refractivity contribution in [1.29, 1.82) is 0 Å². The fourth-order valence-electron chi connectivity index (χ4n) is 1.84. The molecule has 0 radical (unpaired) electrons. The van der Waals surface area contributed by atoms with Gasteiger partial charge in [-0.1, -0.05) is 19.1 Å². The summed E-state index contributed by atoms with van der Waals surface area (Å²) in [6, 6.07) is 8.27. The summed E-state index contributed by atoms with van der Waals surface area (Å²) in [7, 11) is 4.03. The largest absolute Gasteiger partial charge is 0.378 e. The standard InChI is InChI=1S/C15H23ClN2O/c1-5-18(15(19)12(2)10-16)11-13-6-8-14(9-7-13)17(3)4/h6-9,12H,5,10-11H2,1-4H3. The van der Waals surface area contributed by atoms with Crippen LogP contribution in [-0.4, -0.2) is 37.3 Å². The zero-order valence-electron chi connectivity index (χ0n) is 12.2. The van der Waals surface area contributed by atoms with Gasteiger partial charge in [-0.15, -0.1) is 11.6 Å². The number of halogens is 1. The van der Waals surface area contributed by atoms with Crippen molar-refractivity contribution >= 4 is 23.2 Å². The maximum absolute atomic E-state index is 12.1. The lowest BCUT2D eigenvalue weighted by atomic mass is 10.1. The Balaban J connectivity index is 2.73. The second-order valence-electron chi connectivity index (χ2n) is 4.97. The van der Waals surface area contributed by atoms with Crippen LogP contribution >= 0.6 is 11.6 Å². The first-order valence-electron chi connectivity index (χ1n) is 6.60. The minimum Gasteiger partial charge on any atom is -0.378 e. The molecule has 1 rings (SSSR count). The van der Waals surface area contributed by atoms with E-state index in [4.69, 9.17) is 11.6 Å². The summed E-state index contributed by atoms with van der Waals surface area (Å²) < 4.78 is 0. The first-order valence-corrected chi connectivity index (χ1v) is 7.14. The first kappa shape index (κ1) is 15.8. The van der Waals surface area contributed by atoms with E-state index in [0.717, 1.165) is 11.3 Å². The van der Waals surface area contributed by atoms with Gasteiger partial charge in [0.15, 0.2) is 0 Å². The third-order valence-corrected chi connectivity index (χ3v) is 3.64. The Morgan fingerprint density at radius 1 is 1.26 bits per heavy atom. The Labute approximate surface area is 121 Å². The van der Waals surface area contributed by atoms with Crippen molar-refractivity contribution in [2.45, 2.75) is 20.4 Å². The molecule has 0 fully saturated rings. The van der Waals surface area contributed by atoms with Crippen LogP contribution in [0.3, 0.4) is 0 Å². The lowest BCUT2D eigenvalue weighted by Crippen LogP contribution is -2.35. The second-order valence-corrected chi connectivity index (χ2v) is 5.28. The molecule has 0 N–H and O–H groups in total. The van der Waals surface area contributed by atoms with E-state index < -0.39 is 0 Å². The number of carbonyl (C=O) groups excluding carboxylic acids is 1. The fourth-order valence-corrected chi connectivity index (χ4v) is 1.98. The average molecular weight is 283 g/mol. The maximum atomic E-state index is 12.1. The number of rotatable bonds is 6. The van der Waals surface area contributed by atoms with Gasteiger partial charge in [0.1, 0.15) is 0 Å². The lowest BCUT2D eigenvalue weighted by molar-refractivity contribution is -0.134. The summed E-state index contributed by atoms with van der Waals surface area (Å²) in [5, 5.41) is 0. The topological polar surface area (TPSA) is 23.6 Å². The Morgan fingerprint density at radius 3 is 2.26 bits per heavy atom. The highest BCUT2D eigenvalue weighted by Gasteiger charge is 2.18. The molecule has 4 heteroatoms. The van der Waals surface area contributed by atoms with E-state index >= 15 is 0 Å². The number of carbonyl (C=O) groups is 1. The predicted molar refractivity (Wildman–Crippen MR) is 81.7 cm³/mol. The Kier molecular flexibility index (Phi) is 6.16. The van der Waals surface area contributed by atoms with E-state index in [9.17, 15) is 4.79 Å². The highest BCUT2D eigenvalue weighted by Crippen LogP contribution is 2.15. The Morgan fingerprint density at radius 2 is 1.84 bits per heavy atom. The van der Waals surface area contributed by atoms with E-state index in [1.807, 2.05) is 32.8 Å². The average Bonchev–Trinajstić information content (AvgIpc) is 2.43. The van der Waals surface area contributed by atoms with Crippen molar-refractivity contribution < 1.29 is 4.79 Å². The number of nitrogens with zero attached hydrogens (tertiary/aromatic N) is 2. The number of hydrogen-bond donors (Lipinski definition) is 0. The number of anilines is 1. The van der Waals surface area contributed by atoms with Crippen LogP contribution in [0.4, 0.5) is 5.69 Å². The summed E-state index contributed by atoms with van der Waals surface area (Å²) in [5.41, 5.74) is 2.30. The molecule has 0 bridgehead atoms. The molecule has 0 saturated carbocycles. The maximum Gasteiger partial charge on any atom is 0.226 e. The normalized spacial score (nSPS) is 12.1. The fraction of sp³-hybridized carbons (Fsp3) is 0.533. The third-order valence-electron chi connectivity index (χ3n) is 3.17. The molecule has 1 atom stereocenters. The number of hydrogen-bond acceptors (Lipinski definition) is 2. The highest BCUT2D eigenvalue weighted by molar-refractivity contribution is 6.19. The number of amides is 1. The smallest absolute Gasteiger partial charge is 0.226 e. The molecule has 0 aliphatic heterocycles. The van der Waals surface area contributed by atoms with E-state index in [0.29, 0.717) is 19.0 Å². The minimum atomic E-state index is -0.123. The van der Waals surface area contributed by atoms with Crippen LogP contribution in [0.15, 0.2) is 24.3 Å². The quantitative estimate of drug-likeness (QED) is 0.749. The molecule has 3 nitrogen and oxygen atoms in total. The van der Waals surface area contributed by atoms with Gasteiger partial charge in [-0.3, -0.25) is 4.79 Å². The lowest BCUT2D eigenvalue weighted by Gasteiger charge is -2.24. The van der Waals surface area contributed by atoms with Crippen molar-refractivity contribution in [3.8, 4) is 0 Å². The van der Waals surface area contributed by atoms with Gasteiger partial charge in [-0.2, -0.15) is 0 Å². The van der Waals surface area contributed by atoms with E-state index in [1.54, 1.807) is 0 Å². The van der Waals surface area contributed by atoms with Crippen molar-refractivity contribution in [2.24, 2.45) is 5.92 Å². The van der Waals surface area contributed by atoms with Gasteiger partial charge in [-0.25, -0.2) is 0 Å². The van der Waals surface area contributed by atoms with Gasteiger partial charge in [0, 0.05) is 44.7 Å². The molecule has 19 heavy (non-hydrogen) atoms. The van der Waals surface area contributed by atoms with Crippen LogP contribution in [0.5, 0.6) is 0 Å². The molecule has 1 aromatic rings. The summed E-state index contributed by atoms with van der Waals surface area (Å²) in [6.07, 6.45) is 0. The minimum absolute atomic E-state index is 0.120. The Bertz CT molecular complexity index is 403. The Hall–Kier alpha value is -1.22. The number of benzene rings is 1. The molecule has 106 valence electrons. The molecule has 0 saturated heterocycles. The van der Waals surface area contributed by atoms with Gasteiger partial charge in [0.25, 0.3) is 0 Å². The molecule has 0 aromatic heterocycles. The predicted octanol–water partition coefficient (Wildman–Crippen LogP) is 2.98. The SMILES string of the molecule is CCN(Cc1ccc(N(C)C)cc1)C(=O)C(C)CCl. The zero-order chi connectivity index (χ0) is 14.4. The summed E-state index contributed by atoms with van der Waals surface area (Å²) in [4.78, 5) is 16.0. The van der Waals surface area contributed by atoms with Gasteiger partial charge < -0.3 is 9.80 Å². The second kappa shape index (κ2) is 7.39. The van der Waals surface area contributed by atoms with Crippen LogP contribution in [0.25, 0.3) is 0 Å². The molecule has 0 aliphatic carbocycles. The van der Waals surface area contributed by atoms with Crippen molar-refractivity contribution in [3.05, 3.63) is 29.8 Å². The van der Waals surface area contributed by atoms with Crippen molar-refractivity contribution in [2.75, 3.05) is 31.4 Å². The van der Waals surface area contributed by atoms with Gasteiger partial charge in [-0.05, 0) is 24.6 Å². The van der Waals surface area contributed by atoms with Gasteiger partial charge in [0.05, 0.1) is 0 Å². The molecule has 0 heterocycles. The van der Waals surface area contributed by atoms with Crippen LogP contribution < -0.4 is 4.90 Å². The molecular formula is C15H23ClN2O. The molecular weight excluding hydrogens is 260 g/mol. The molecule has 1 aromatic carbocycles. The molecule has 0 spiro atoms.